The van der Waals surface area contributed by atoms with E-state index in [1.165, 1.54) is 12.1 Å². The summed E-state index contributed by atoms with van der Waals surface area (Å²) in [6.07, 6.45) is 3.00. The molecule has 1 atom stereocenters. The fraction of sp³-hybridized carbons (Fsp3) is 0.462. The standard InChI is InChI=1S/C13H15ClFNO2/c14-10-6-4-5-9(11(10)15)12(13(17)18)16-7-2-1-3-8-16/h4-6,12H,1-3,7-8H2,(H,17,18). The fourth-order valence-corrected chi connectivity index (χ4v) is 2.58. The Kier molecular flexibility index (Phi) is 4.19. The smallest absolute Gasteiger partial charge is 0.325 e. The van der Waals surface area contributed by atoms with Crippen molar-refractivity contribution in [3.05, 3.63) is 34.6 Å². The van der Waals surface area contributed by atoms with E-state index in [1.807, 2.05) is 0 Å². The van der Waals surface area contributed by atoms with Crippen LogP contribution in [-0.4, -0.2) is 29.1 Å². The van der Waals surface area contributed by atoms with E-state index in [9.17, 15) is 14.3 Å². The highest BCUT2D eigenvalue weighted by molar-refractivity contribution is 6.30. The Morgan fingerprint density at radius 3 is 2.61 bits per heavy atom. The number of carboxylic acid groups (broad SMARTS) is 1. The molecule has 0 spiro atoms. The number of halogens is 2. The minimum Gasteiger partial charge on any atom is -0.480 e. The van der Waals surface area contributed by atoms with Crippen molar-refractivity contribution >= 4 is 17.6 Å². The van der Waals surface area contributed by atoms with E-state index in [0.717, 1.165) is 19.3 Å². The first-order valence-electron chi connectivity index (χ1n) is 6.02. The van der Waals surface area contributed by atoms with Gasteiger partial charge in [-0.2, -0.15) is 0 Å². The zero-order valence-electron chi connectivity index (χ0n) is 9.90. The average molecular weight is 272 g/mol. The summed E-state index contributed by atoms with van der Waals surface area (Å²) in [5, 5.41) is 9.31. The fourth-order valence-electron chi connectivity index (χ4n) is 2.39. The molecule has 5 heteroatoms. The normalized spacial score (nSPS) is 18.6. The van der Waals surface area contributed by atoms with Crippen LogP contribution in [0.4, 0.5) is 4.39 Å². The molecule has 1 fully saturated rings. The van der Waals surface area contributed by atoms with Gasteiger partial charge in [-0.15, -0.1) is 0 Å². The van der Waals surface area contributed by atoms with Gasteiger partial charge in [-0.3, -0.25) is 9.69 Å². The molecule has 1 N–H and O–H groups in total. The molecule has 98 valence electrons. The zero-order chi connectivity index (χ0) is 13.1. The average Bonchev–Trinajstić information content (AvgIpc) is 2.36. The Labute approximate surface area is 110 Å². The van der Waals surface area contributed by atoms with E-state index in [2.05, 4.69) is 0 Å². The van der Waals surface area contributed by atoms with Gasteiger partial charge in [-0.05, 0) is 32.0 Å². The number of likely N-dealkylation sites (tertiary alicyclic amines) is 1. The van der Waals surface area contributed by atoms with E-state index >= 15 is 0 Å². The lowest BCUT2D eigenvalue weighted by Crippen LogP contribution is -2.38. The number of nitrogens with zero attached hydrogens (tertiary/aromatic N) is 1. The quantitative estimate of drug-likeness (QED) is 0.918. The van der Waals surface area contributed by atoms with Crippen molar-refractivity contribution in [1.82, 2.24) is 4.90 Å². The van der Waals surface area contributed by atoms with Crippen molar-refractivity contribution in [3.8, 4) is 0 Å². The predicted octanol–water partition coefficient (Wildman–Crippen LogP) is 3.09. The maximum atomic E-state index is 13.9. The highest BCUT2D eigenvalue weighted by Gasteiger charge is 2.31. The zero-order valence-corrected chi connectivity index (χ0v) is 10.7. The Balaban J connectivity index is 2.34. The van der Waals surface area contributed by atoms with Crippen LogP contribution < -0.4 is 0 Å². The first kappa shape index (κ1) is 13.3. The third-order valence-corrected chi connectivity index (χ3v) is 3.56. The van der Waals surface area contributed by atoms with Crippen LogP contribution >= 0.6 is 11.6 Å². The van der Waals surface area contributed by atoms with Gasteiger partial charge in [0.25, 0.3) is 0 Å². The summed E-state index contributed by atoms with van der Waals surface area (Å²) in [5.41, 5.74) is 0.150. The largest absolute Gasteiger partial charge is 0.480 e. The van der Waals surface area contributed by atoms with Gasteiger partial charge in [-0.1, -0.05) is 30.2 Å². The van der Waals surface area contributed by atoms with Crippen LogP contribution in [0.5, 0.6) is 0 Å². The van der Waals surface area contributed by atoms with E-state index < -0.39 is 17.8 Å². The van der Waals surface area contributed by atoms with Gasteiger partial charge in [0.15, 0.2) is 0 Å². The molecule has 0 bridgehead atoms. The van der Waals surface area contributed by atoms with Crippen molar-refractivity contribution in [2.75, 3.05) is 13.1 Å². The SMILES string of the molecule is O=C(O)C(c1cccc(Cl)c1F)N1CCCCC1. The number of piperidine rings is 1. The molecule has 1 heterocycles. The molecule has 1 saturated heterocycles. The molecule has 1 unspecified atom stereocenters. The third-order valence-electron chi connectivity index (χ3n) is 3.27. The predicted molar refractivity (Wildman–Crippen MR) is 67.2 cm³/mol. The molecule has 0 aromatic heterocycles. The summed E-state index contributed by atoms with van der Waals surface area (Å²) in [5.74, 6) is -1.66. The van der Waals surface area contributed by atoms with Crippen LogP contribution in [0.3, 0.4) is 0 Å². The molecule has 18 heavy (non-hydrogen) atoms. The van der Waals surface area contributed by atoms with Gasteiger partial charge in [0.1, 0.15) is 11.9 Å². The molecule has 0 saturated carbocycles. The molecule has 0 aliphatic carbocycles. The molecule has 1 aliphatic heterocycles. The number of rotatable bonds is 3. The highest BCUT2D eigenvalue weighted by atomic mass is 35.5. The second kappa shape index (κ2) is 5.67. The van der Waals surface area contributed by atoms with Crippen molar-refractivity contribution in [2.45, 2.75) is 25.3 Å². The first-order valence-corrected chi connectivity index (χ1v) is 6.40. The Bertz CT molecular complexity index is 447. The maximum absolute atomic E-state index is 13.9. The van der Waals surface area contributed by atoms with Gasteiger partial charge in [0.2, 0.25) is 0 Å². The molecular formula is C13H15ClFNO2. The number of hydrogen-bond donors (Lipinski definition) is 1. The van der Waals surface area contributed by atoms with Crippen LogP contribution in [0, 0.1) is 5.82 Å². The number of carboxylic acids is 1. The van der Waals surface area contributed by atoms with Crippen molar-refractivity contribution in [2.24, 2.45) is 0 Å². The molecule has 1 aliphatic rings. The van der Waals surface area contributed by atoms with Crippen molar-refractivity contribution in [3.63, 3.8) is 0 Å². The summed E-state index contributed by atoms with van der Waals surface area (Å²) in [7, 11) is 0. The van der Waals surface area contributed by atoms with Gasteiger partial charge in [0, 0.05) is 5.56 Å². The second-order valence-corrected chi connectivity index (χ2v) is 4.89. The van der Waals surface area contributed by atoms with Crippen LogP contribution in [0.25, 0.3) is 0 Å². The van der Waals surface area contributed by atoms with E-state index in [4.69, 9.17) is 11.6 Å². The van der Waals surface area contributed by atoms with E-state index in [-0.39, 0.29) is 10.6 Å². The summed E-state index contributed by atoms with van der Waals surface area (Å²) >= 11 is 5.72. The molecule has 1 aromatic carbocycles. The van der Waals surface area contributed by atoms with Gasteiger partial charge < -0.3 is 5.11 Å². The third kappa shape index (κ3) is 2.65. The van der Waals surface area contributed by atoms with Gasteiger partial charge in [-0.25, -0.2) is 4.39 Å². The van der Waals surface area contributed by atoms with E-state index in [1.54, 1.807) is 11.0 Å². The summed E-state index contributed by atoms with van der Waals surface area (Å²) in [4.78, 5) is 13.2. The monoisotopic (exact) mass is 271 g/mol. The number of aliphatic carboxylic acids is 1. The minimum absolute atomic E-state index is 0.0317. The Morgan fingerprint density at radius 1 is 1.33 bits per heavy atom. The summed E-state index contributed by atoms with van der Waals surface area (Å²) in [6, 6.07) is 3.56. The number of hydrogen-bond acceptors (Lipinski definition) is 2. The molecule has 3 nitrogen and oxygen atoms in total. The number of carbonyl (C=O) groups is 1. The highest BCUT2D eigenvalue weighted by Crippen LogP contribution is 2.29. The van der Waals surface area contributed by atoms with E-state index in [0.29, 0.717) is 13.1 Å². The molecule has 1 aromatic rings. The van der Waals surface area contributed by atoms with Gasteiger partial charge >= 0.3 is 5.97 Å². The lowest BCUT2D eigenvalue weighted by atomic mass is 10.0. The van der Waals surface area contributed by atoms with Gasteiger partial charge in [0.05, 0.1) is 5.02 Å². The molecule has 2 rings (SSSR count). The minimum atomic E-state index is -1.03. The van der Waals surface area contributed by atoms with Crippen LogP contribution in [0.1, 0.15) is 30.9 Å². The topological polar surface area (TPSA) is 40.5 Å². The summed E-state index contributed by atoms with van der Waals surface area (Å²) in [6.45, 7) is 1.37. The summed E-state index contributed by atoms with van der Waals surface area (Å²) < 4.78 is 13.9. The Morgan fingerprint density at radius 2 is 2.00 bits per heavy atom. The van der Waals surface area contributed by atoms with Crippen LogP contribution in [0.15, 0.2) is 18.2 Å². The molecule has 0 radical (unpaired) electrons. The molecular weight excluding hydrogens is 257 g/mol. The van der Waals surface area contributed by atoms with Crippen molar-refractivity contribution in [1.29, 1.82) is 0 Å². The van der Waals surface area contributed by atoms with Crippen LogP contribution in [0.2, 0.25) is 5.02 Å². The lowest BCUT2D eigenvalue weighted by Gasteiger charge is -2.32. The molecule has 0 amide bonds. The number of benzene rings is 1. The van der Waals surface area contributed by atoms with Crippen LogP contribution in [-0.2, 0) is 4.79 Å². The second-order valence-electron chi connectivity index (χ2n) is 4.48. The maximum Gasteiger partial charge on any atom is 0.325 e. The lowest BCUT2D eigenvalue weighted by molar-refractivity contribution is -0.144. The van der Waals surface area contributed by atoms with Crippen molar-refractivity contribution < 1.29 is 14.3 Å². The first-order chi connectivity index (χ1) is 8.61. The Hall–Kier alpha value is -1.13.